The lowest BCUT2D eigenvalue weighted by Gasteiger charge is -2.05. The van der Waals surface area contributed by atoms with Crippen LogP contribution in [0.4, 0.5) is 5.13 Å². The van der Waals surface area contributed by atoms with Gasteiger partial charge in [-0.1, -0.05) is 30.3 Å². The van der Waals surface area contributed by atoms with Gasteiger partial charge in [0, 0.05) is 18.0 Å². The number of carbonyl (C=O) groups is 2. The van der Waals surface area contributed by atoms with Crippen LogP contribution in [-0.4, -0.2) is 23.5 Å². The normalized spacial score (nSPS) is 10.2. The SMILES string of the molecule is O=C(CCC(=O)OCCCc1ccccc1)Nc1nccs1. The standard InChI is InChI=1S/C16H18N2O3S/c19-14(18-16-17-10-12-22-16)8-9-15(20)21-11-4-7-13-5-2-1-3-6-13/h1-3,5-6,10,12H,4,7-9,11H2,(H,17,18,19). The molecule has 1 aromatic heterocycles. The van der Waals surface area contributed by atoms with Crippen LogP contribution in [0.2, 0.25) is 0 Å². The Morgan fingerprint density at radius 2 is 2.00 bits per heavy atom. The van der Waals surface area contributed by atoms with E-state index in [0.717, 1.165) is 12.8 Å². The minimum Gasteiger partial charge on any atom is -0.466 e. The summed E-state index contributed by atoms with van der Waals surface area (Å²) in [4.78, 5) is 27.1. The lowest BCUT2D eigenvalue weighted by atomic mass is 10.1. The monoisotopic (exact) mass is 318 g/mol. The Kier molecular flexibility index (Phi) is 6.57. The van der Waals surface area contributed by atoms with Crippen molar-refractivity contribution in [1.29, 1.82) is 0 Å². The Morgan fingerprint density at radius 1 is 1.18 bits per heavy atom. The summed E-state index contributed by atoms with van der Waals surface area (Å²) in [6, 6.07) is 10.0. The second kappa shape index (κ2) is 8.94. The topological polar surface area (TPSA) is 68.3 Å². The molecule has 0 aliphatic heterocycles. The second-order valence-corrected chi connectivity index (χ2v) is 5.59. The summed E-state index contributed by atoms with van der Waals surface area (Å²) in [7, 11) is 0. The quantitative estimate of drug-likeness (QED) is 0.600. The van der Waals surface area contributed by atoms with Crippen LogP contribution < -0.4 is 5.32 Å². The number of amides is 1. The molecule has 116 valence electrons. The number of rotatable bonds is 8. The fourth-order valence-corrected chi connectivity index (χ4v) is 2.41. The minimum absolute atomic E-state index is 0.0859. The molecule has 2 rings (SSSR count). The third kappa shape index (κ3) is 6.05. The van der Waals surface area contributed by atoms with Gasteiger partial charge in [-0.3, -0.25) is 9.59 Å². The number of hydrogen-bond acceptors (Lipinski definition) is 5. The number of ether oxygens (including phenoxy) is 1. The molecule has 1 aromatic carbocycles. The highest BCUT2D eigenvalue weighted by molar-refractivity contribution is 7.13. The van der Waals surface area contributed by atoms with E-state index in [1.807, 2.05) is 30.3 Å². The van der Waals surface area contributed by atoms with E-state index in [0.29, 0.717) is 11.7 Å². The van der Waals surface area contributed by atoms with E-state index < -0.39 is 0 Å². The lowest BCUT2D eigenvalue weighted by molar-refractivity contribution is -0.144. The molecule has 0 atom stereocenters. The van der Waals surface area contributed by atoms with Crippen LogP contribution in [0.15, 0.2) is 41.9 Å². The molecule has 0 radical (unpaired) electrons. The number of aromatic nitrogens is 1. The van der Waals surface area contributed by atoms with Gasteiger partial charge >= 0.3 is 5.97 Å². The summed E-state index contributed by atoms with van der Waals surface area (Å²) in [5.41, 5.74) is 1.22. The summed E-state index contributed by atoms with van der Waals surface area (Å²) < 4.78 is 5.12. The average molecular weight is 318 g/mol. The van der Waals surface area contributed by atoms with Gasteiger partial charge in [0.15, 0.2) is 5.13 Å². The predicted molar refractivity (Wildman–Crippen MR) is 85.7 cm³/mol. The van der Waals surface area contributed by atoms with Crippen molar-refractivity contribution < 1.29 is 14.3 Å². The van der Waals surface area contributed by atoms with Crippen molar-refractivity contribution in [3.05, 3.63) is 47.5 Å². The predicted octanol–water partition coefficient (Wildman–Crippen LogP) is 3.04. The smallest absolute Gasteiger partial charge is 0.306 e. The van der Waals surface area contributed by atoms with Gasteiger partial charge < -0.3 is 10.1 Å². The molecule has 1 N–H and O–H groups in total. The number of esters is 1. The first kappa shape index (κ1) is 16.2. The highest BCUT2D eigenvalue weighted by atomic mass is 32.1. The van der Waals surface area contributed by atoms with Gasteiger partial charge in [0.05, 0.1) is 13.0 Å². The van der Waals surface area contributed by atoms with Gasteiger partial charge in [0.25, 0.3) is 0 Å². The molecule has 1 heterocycles. The van der Waals surface area contributed by atoms with Gasteiger partial charge in [0.1, 0.15) is 0 Å². The van der Waals surface area contributed by atoms with Crippen LogP contribution in [0.3, 0.4) is 0 Å². The first-order valence-corrected chi connectivity index (χ1v) is 8.01. The van der Waals surface area contributed by atoms with E-state index in [2.05, 4.69) is 10.3 Å². The molecule has 0 fully saturated rings. The maximum atomic E-state index is 11.6. The van der Waals surface area contributed by atoms with E-state index in [-0.39, 0.29) is 24.7 Å². The van der Waals surface area contributed by atoms with Gasteiger partial charge in [-0.25, -0.2) is 4.98 Å². The van der Waals surface area contributed by atoms with Crippen molar-refractivity contribution in [3.63, 3.8) is 0 Å². The molecule has 0 saturated heterocycles. The Balaban J connectivity index is 1.55. The third-order valence-corrected chi connectivity index (χ3v) is 3.64. The number of benzene rings is 1. The van der Waals surface area contributed by atoms with Crippen molar-refractivity contribution in [3.8, 4) is 0 Å². The number of hydrogen-bond donors (Lipinski definition) is 1. The van der Waals surface area contributed by atoms with E-state index in [1.165, 1.54) is 16.9 Å². The largest absolute Gasteiger partial charge is 0.466 e. The highest BCUT2D eigenvalue weighted by Crippen LogP contribution is 2.11. The zero-order valence-electron chi connectivity index (χ0n) is 12.2. The fourth-order valence-electron chi connectivity index (χ4n) is 1.86. The maximum absolute atomic E-state index is 11.6. The molecule has 0 aliphatic rings. The number of aryl methyl sites for hydroxylation is 1. The molecule has 1 amide bonds. The fraction of sp³-hybridized carbons (Fsp3) is 0.312. The van der Waals surface area contributed by atoms with Crippen LogP contribution in [0.5, 0.6) is 0 Å². The minimum atomic E-state index is -0.345. The number of nitrogens with one attached hydrogen (secondary N) is 1. The zero-order valence-corrected chi connectivity index (χ0v) is 13.0. The van der Waals surface area contributed by atoms with Crippen LogP contribution >= 0.6 is 11.3 Å². The first-order chi connectivity index (χ1) is 10.7. The summed E-state index contributed by atoms with van der Waals surface area (Å²) >= 11 is 1.34. The van der Waals surface area contributed by atoms with Crippen molar-refractivity contribution in [1.82, 2.24) is 4.98 Å². The summed E-state index contributed by atoms with van der Waals surface area (Å²) in [5.74, 6) is -0.571. The Morgan fingerprint density at radius 3 is 2.73 bits per heavy atom. The van der Waals surface area contributed by atoms with Crippen LogP contribution in [0.25, 0.3) is 0 Å². The van der Waals surface area contributed by atoms with E-state index in [1.54, 1.807) is 11.6 Å². The van der Waals surface area contributed by atoms with Gasteiger partial charge in [0.2, 0.25) is 5.91 Å². The molecular weight excluding hydrogens is 300 g/mol. The van der Waals surface area contributed by atoms with E-state index in [4.69, 9.17) is 4.74 Å². The molecule has 2 aromatic rings. The molecule has 22 heavy (non-hydrogen) atoms. The van der Waals surface area contributed by atoms with Crippen molar-refractivity contribution in [2.75, 3.05) is 11.9 Å². The van der Waals surface area contributed by atoms with Gasteiger partial charge in [-0.2, -0.15) is 0 Å². The Bertz CT molecular complexity index is 585. The van der Waals surface area contributed by atoms with Gasteiger partial charge in [-0.15, -0.1) is 11.3 Å². The number of anilines is 1. The Hall–Kier alpha value is -2.21. The lowest BCUT2D eigenvalue weighted by Crippen LogP contribution is -2.14. The van der Waals surface area contributed by atoms with Crippen LogP contribution in [0, 0.1) is 0 Å². The van der Waals surface area contributed by atoms with Crippen molar-refractivity contribution in [2.45, 2.75) is 25.7 Å². The molecule has 0 spiro atoms. The number of thiazole rings is 1. The molecule has 0 saturated carbocycles. The van der Waals surface area contributed by atoms with Gasteiger partial charge in [-0.05, 0) is 18.4 Å². The van der Waals surface area contributed by atoms with Crippen molar-refractivity contribution in [2.24, 2.45) is 0 Å². The highest BCUT2D eigenvalue weighted by Gasteiger charge is 2.09. The zero-order chi connectivity index (χ0) is 15.6. The first-order valence-electron chi connectivity index (χ1n) is 7.13. The summed E-state index contributed by atoms with van der Waals surface area (Å²) in [6.07, 6.45) is 3.46. The second-order valence-electron chi connectivity index (χ2n) is 4.70. The molecule has 0 unspecified atom stereocenters. The van der Waals surface area contributed by atoms with E-state index in [9.17, 15) is 9.59 Å². The molecule has 0 bridgehead atoms. The number of nitrogens with zero attached hydrogens (tertiary/aromatic N) is 1. The van der Waals surface area contributed by atoms with Crippen LogP contribution in [-0.2, 0) is 20.7 Å². The van der Waals surface area contributed by atoms with E-state index >= 15 is 0 Å². The van der Waals surface area contributed by atoms with Crippen LogP contribution in [0.1, 0.15) is 24.8 Å². The summed E-state index contributed by atoms with van der Waals surface area (Å²) in [6.45, 7) is 0.377. The molecule has 5 nitrogen and oxygen atoms in total. The third-order valence-electron chi connectivity index (χ3n) is 2.95. The number of carbonyl (C=O) groups excluding carboxylic acids is 2. The Labute approximate surface area is 133 Å². The summed E-state index contributed by atoms with van der Waals surface area (Å²) in [5, 5.41) is 4.94. The average Bonchev–Trinajstić information content (AvgIpc) is 3.03. The molecule has 0 aliphatic carbocycles. The maximum Gasteiger partial charge on any atom is 0.306 e. The molecule has 6 heteroatoms. The molecular formula is C16H18N2O3S. The van der Waals surface area contributed by atoms with Crippen molar-refractivity contribution >= 4 is 28.3 Å².